The summed E-state index contributed by atoms with van der Waals surface area (Å²) in [5.41, 5.74) is 1.49. The van der Waals surface area contributed by atoms with Gasteiger partial charge in [-0.05, 0) is 42.5 Å². The molecular weight excluding hydrogens is 324 g/mol. The van der Waals surface area contributed by atoms with Crippen LogP contribution in [0.5, 0.6) is 0 Å². The van der Waals surface area contributed by atoms with E-state index in [1.54, 1.807) is 12.3 Å². The molecule has 24 heavy (non-hydrogen) atoms. The highest BCUT2D eigenvalue weighted by Gasteiger charge is 2.08. The minimum Gasteiger partial charge on any atom is -0.354 e. The molecule has 0 spiro atoms. The highest BCUT2D eigenvalue weighted by molar-refractivity contribution is 6.30. The Morgan fingerprint density at radius 3 is 2.62 bits per heavy atom. The van der Waals surface area contributed by atoms with Crippen LogP contribution in [0.1, 0.15) is 36.3 Å². The average Bonchev–Trinajstić information content (AvgIpc) is 2.56. The Labute approximate surface area is 147 Å². The van der Waals surface area contributed by atoms with E-state index >= 15 is 0 Å². The summed E-state index contributed by atoms with van der Waals surface area (Å²) >= 11 is 5.85. The molecule has 0 saturated heterocycles. The lowest BCUT2D eigenvalue weighted by atomic mass is 10.1. The molecule has 0 fully saturated rings. The van der Waals surface area contributed by atoms with E-state index in [-0.39, 0.29) is 5.91 Å². The standard InChI is InChI=1S/C18H23ClN4O/c1-13(2)7-10-21-18-22-12-9-16(23-18)17(24)20-11-8-14-3-5-15(19)6-4-14/h3-6,9,12-13H,7-8,10-11H2,1-2H3,(H,20,24)(H,21,22,23). The number of anilines is 1. The fourth-order valence-corrected chi connectivity index (χ4v) is 2.23. The van der Waals surface area contributed by atoms with Gasteiger partial charge in [0.2, 0.25) is 5.95 Å². The lowest BCUT2D eigenvalue weighted by Gasteiger charge is -2.08. The molecule has 1 aromatic heterocycles. The van der Waals surface area contributed by atoms with E-state index in [4.69, 9.17) is 11.6 Å². The number of aromatic nitrogens is 2. The third-order valence-corrected chi connectivity index (χ3v) is 3.76. The second-order valence-corrected chi connectivity index (χ2v) is 6.44. The van der Waals surface area contributed by atoms with E-state index in [9.17, 15) is 4.79 Å². The lowest BCUT2D eigenvalue weighted by Crippen LogP contribution is -2.27. The number of halogens is 1. The maximum atomic E-state index is 12.2. The summed E-state index contributed by atoms with van der Waals surface area (Å²) in [4.78, 5) is 20.6. The van der Waals surface area contributed by atoms with Crippen LogP contribution >= 0.6 is 11.6 Å². The first-order valence-electron chi connectivity index (χ1n) is 8.14. The second kappa shape index (κ2) is 9.23. The van der Waals surface area contributed by atoms with Gasteiger partial charge in [0.05, 0.1) is 0 Å². The summed E-state index contributed by atoms with van der Waals surface area (Å²) in [6.45, 7) is 5.65. The Hall–Kier alpha value is -2.14. The molecular formula is C18H23ClN4O. The van der Waals surface area contributed by atoms with Gasteiger partial charge in [0.25, 0.3) is 5.91 Å². The van der Waals surface area contributed by atoms with Crippen LogP contribution < -0.4 is 10.6 Å². The van der Waals surface area contributed by atoms with E-state index in [0.29, 0.717) is 29.1 Å². The average molecular weight is 347 g/mol. The van der Waals surface area contributed by atoms with Gasteiger partial charge in [-0.2, -0.15) is 0 Å². The van der Waals surface area contributed by atoms with E-state index in [0.717, 1.165) is 24.9 Å². The number of hydrogen-bond acceptors (Lipinski definition) is 4. The quantitative estimate of drug-likeness (QED) is 0.767. The fourth-order valence-electron chi connectivity index (χ4n) is 2.10. The Balaban J connectivity index is 1.82. The Kier molecular flexibility index (Phi) is 7.00. The minimum atomic E-state index is -0.196. The third kappa shape index (κ3) is 6.16. The van der Waals surface area contributed by atoms with Gasteiger partial charge in [-0.3, -0.25) is 4.79 Å². The smallest absolute Gasteiger partial charge is 0.270 e. The van der Waals surface area contributed by atoms with Gasteiger partial charge in [-0.25, -0.2) is 9.97 Å². The van der Waals surface area contributed by atoms with Crippen LogP contribution in [0.3, 0.4) is 0 Å². The largest absolute Gasteiger partial charge is 0.354 e. The summed E-state index contributed by atoms with van der Waals surface area (Å²) < 4.78 is 0. The van der Waals surface area contributed by atoms with Gasteiger partial charge >= 0.3 is 0 Å². The van der Waals surface area contributed by atoms with E-state index < -0.39 is 0 Å². The van der Waals surface area contributed by atoms with Crippen molar-refractivity contribution in [2.24, 2.45) is 5.92 Å². The normalized spacial score (nSPS) is 10.7. The molecule has 0 saturated carbocycles. The van der Waals surface area contributed by atoms with Crippen molar-refractivity contribution in [2.75, 3.05) is 18.4 Å². The van der Waals surface area contributed by atoms with Crippen LogP contribution in [0.2, 0.25) is 5.02 Å². The molecule has 5 nitrogen and oxygen atoms in total. The van der Waals surface area contributed by atoms with Crippen molar-refractivity contribution in [1.29, 1.82) is 0 Å². The summed E-state index contributed by atoms with van der Waals surface area (Å²) in [7, 11) is 0. The number of nitrogens with zero attached hydrogens (tertiary/aromatic N) is 2. The van der Waals surface area contributed by atoms with E-state index in [1.165, 1.54) is 0 Å². The van der Waals surface area contributed by atoms with E-state index in [2.05, 4.69) is 34.4 Å². The molecule has 0 bridgehead atoms. The Morgan fingerprint density at radius 1 is 1.17 bits per heavy atom. The molecule has 0 atom stereocenters. The SMILES string of the molecule is CC(C)CCNc1nccc(C(=O)NCCc2ccc(Cl)cc2)n1. The molecule has 0 unspecified atom stereocenters. The fraction of sp³-hybridized carbons (Fsp3) is 0.389. The van der Waals surface area contributed by atoms with E-state index in [1.807, 2.05) is 24.3 Å². The van der Waals surface area contributed by atoms with Crippen LogP contribution in [0.4, 0.5) is 5.95 Å². The zero-order chi connectivity index (χ0) is 17.4. The van der Waals surface area contributed by atoms with Gasteiger partial charge in [0.1, 0.15) is 5.69 Å². The molecule has 0 radical (unpaired) electrons. The topological polar surface area (TPSA) is 66.9 Å². The van der Waals surface area contributed by atoms with Crippen molar-refractivity contribution in [3.8, 4) is 0 Å². The first kappa shape index (κ1) is 18.2. The number of rotatable bonds is 8. The minimum absolute atomic E-state index is 0.196. The van der Waals surface area contributed by atoms with Crippen LogP contribution in [-0.2, 0) is 6.42 Å². The number of carbonyl (C=O) groups is 1. The van der Waals surface area contributed by atoms with Gasteiger partial charge in [0.15, 0.2) is 0 Å². The number of carbonyl (C=O) groups excluding carboxylic acids is 1. The van der Waals surface area contributed by atoms with Crippen molar-refractivity contribution >= 4 is 23.5 Å². The lowest BCUT2D eigenvalue weighted by molar-refractivity contribution is 0.0949. The predicted molar refractivity (Wildman–Crippen MR) is 97.5 cm³/mol. The van der Waals surface area contributed by atoms with Gasteiger partial charge in [-0.15, -0.1) is 0 Å². The highest BCUT2D eigenvalue weighted by atomic mass is 35.5. The van der Waals surface area contributed by atoms with Crippen LogP contribution in [0.15, 0.2) is 36.5 Å². The van der Waals surface area contributed by atoms with Crippen molar-refractivity contribution in [3.05, 3.63) is 52.8 Å². The third-order valence-electron chi connectivity index (χ3n) is 3.51. The van der Waals surface area contributed by atoms with Crippen molar-refractivity contribution in [2.45, 2.75) is 26.7 Å². The first-order chi connectivity index (χ1) is 11.5. The molecule has 1 aromatic carbocycles. The van der Waals surface area contributed by atoms with Crippen molar-refractivity contribution in [3.63, 3.8) is 0 Å². The molecule has 2 rings (SSSR count). The van der Waals surface area contributed by atoms with Crippen LogP contribution in [-0.4, -0.2) is 29.0 Å². The molecule has 1 amide bonds. The number of nitrogens with one attached hydrogen (secondary N) is 2. The summed E-state index contributed by atoms with van der Waals surface area (Å²) in [6, 6.07) is 9.22. The van der Waals surface area contributed by atoms with Crippen molar-refractivity contribution in [1.82, 2.24) is 15.3 Å². The molecule has 2 aromatic rings. The zero-order valence-electron chi connectivity index (χ0n) is 14.1. The maximum Gasteiger partial charge on any atom is 0.270 e. The highest BCUT2D eigenvalue weighted by Crippen LogP contribution is 2.09. The summed E-state index contributed by atoms with van der Waals surface area (Å²) in [5.74, 6) is 0.899. The Bertz CT molecular complexity index is 658. The molecule has 0 aliphatic heterocycles. The monoisotopic (exact) mass is 346 g/mol. The molecule has 128 valence electrons. The van der Waals surface area contributed by atoms with Gasteiger partial charge in [0, 0.05) is 24.3 Å². The van der Waals surface area contributed by atoms with Crippen LogP contribution in [0.25, 0.3) is 0 Å². The molecule has 0 aliphatic rings. The summed E-state index contributed by atoms with van der Waals surface area (Å²) in [6.07, 6.45) is 3.37. The second-order valence-electron chi connectivity index (χ2n) is 6.01. The van der Waals surface area contributed by atoms with Crippen molar-refractivity contribution < 1.29 is 4.79 Å². The summed E-state index contributed by atoms with van der Waals surface area (Å²) in [5, 5.41) is 6.73. The number of benzene rings is 1. The van der Waals surface area contributed by atoms with Gasteiger partial charge < -0.3 is 10.6 Å². The molecule has 2 N–H and O–H groups in total. The van der Waals surface area contributed by atoms with Crippen LogP contribution in [0, 0.1) is 5.92 Å². The Morgan fingerprint density at radius 2 is 1.92 bits per heavy atom. The number of amides is 1. The predicted octanol–water partition coefficient (Wildman–Crippen LogP) is 3.56. The van der Waals surface area contributed by atoms with Gasteiger partial charge in [-0.1, -0.05) is 37.6 Å². The zero-order valence-corrected chi connectivity index (χ0v) is 14.8. The molecule has 6 heteroatoms. The number of hydrogen-bond donors (Lipinski definition) is 2. The molecule has 0 aliphatic carbocycles. The first-order valence-corrected chi connectivity index (χ1v) is 8.52. The molecule has 1 heterocycles. The maximum absolute atomic E-state index is 12.2.